The summed E-state index contributed by atoms with van der Waals surface area (Å²) in [5, 5.41) is -0.415. The van der Waals surface area contributed by atoms with Crippen molar-refractivity contribution in [2.24, 2.45) is 5.92 Å². The fourth-order valence-corrected chi connectivity index (χ4v) is 8.49. The van der Waals surface area contributed by atoms with Crippen LogP contribution in [0.15, 0.2) is 35.7 Å². The number of aromatic nitrogens is 2. The molecule has 2 aromatic rings. The molecule has 7 nitrogen and oxygen atoms in total. The highest BCUT2D eigenvalue weighted by Crippen LogP contribution is 2.37. The molecule has 1 amide bonds. The topological polar surface area (TPSA) is 86.4 Å². The van der Waals surface area contributed by atoms with Crippen molar-refractivity contribution in [2.75, 3.05) is 26.2 Å². The van der Waals surface area contributed by atoms with E-state index in [1.54, 1.807) is 11.9 Å². The number of likely N-dealkylation sites (tertiary alicyclic amines) is 2. The Labute approximate surface area is 221 Å². The molecule has 202 valence electrons. The monoisotopic (exact) mass is 526 g/mol. The highest BCUT2D eigenvalue weighted by molar-refractivity contribution is 7.92. The highest BCUT2D eigenvalue weighted by Gasteiger charge is 2.34. The predicted molar refractivity (Wildman–Crippen MR) is 148 cm³/mol. The number of piperidine rings is 2. The second-order valence-electron chi connectivity index (χ2n) is 11.6. The molecule has 0 atom stereocenters. The third-order valence-electron chi connectivity index (χ3n) is 9.32. The van der Waals surface area contributed by atoms with Gasteiger partial charge >= 0.3 is 0 Å². The number of imidazole rings is 1. The molecule has 1 N–H and O–H groups in total. The molecule has 1 aromatic heterocycles. The first-order valence-electron chi connectivity index (χ1n) is 14.1. The van der Waals surface area contributed by atoms with Crippen molar-refractivity contribution in [3.63, 3.8) is 0 Å². The maximum absolute atomic E-state index is 13.2. The van der Waals surface area contributed by atoms with Gasteiger partial charge in [0.25, 0.3) is 5.91 Å². The van der Waals surface area contributed by atoms with Crippen LogP contribution in [0, 0.1) is 5.92 Å². The number of rotatable bonds is 5. The first-order valence-corrected chi connectivity index (χ1v) is 15.7. The fraction of sp³-hybridized carbons (Fsp3) is 0.655. The molecule has 2 aliphatic heterocycles. The van der Waals surface area contributed by atoms with Gasteiger partial charge in [-0.25, -0.2) is 13.4 Å². The summed E-state index contributed by atoms with van der Waals surface area (Å²) in [5.41, 5.74) is 5.49. The molecule has 5 rings (SSSR count). The first-order chi connectivity index (χ1) is 17.8. The molecule has 37 heavy (non-hydrogen) atoms. The SMILES string of the molecule is CC(=C1CCN(C2CCN(C(=O)c3cccc4[nH]cnc34)CC2)CC1)C1CCC(S(=O)(=O)C(C)C)CC1. The molecule has 1 aromatic carbocycles. The van der Waals surface area contributed by atoms with Gasteiger partial charge in [0.05, 0.1) is 27.9 Å². The van der Waals surface area contributed by atoms with Crippen molar-refractivity contribution < 1.29 is 13.2 Å². The van der Waals surface area contributed by atoms with Gasteiger partial charge in [-0.2, -0.15) is 0 Å². The van der Waals surface area contributed by atoms with Crippen LogP contribution in [0.1, 0.15) is 82.5 Å². The number of nitrogens with zero attached hydrogens (tertiary/aromatic N) is 3. The number of benzene rings is 1. The Morgan fingerprint density at radius 2 is 1.68 bits per heavy atom. The lowest BCUT2D eigenvalue weighted by Crippen LogP contribution is -2.48. The molecule has 3 heterocycles. The molecule has 0 spiro atoms. The van der Waals surface area contributed by atoms with Crippen LogP contribution in [-0.2, 0) is 9.84 Å². The lowest BCUT2D eigenvalue weighted by molar-refractivity contribution is 0.0609. The highest BCUT2D eigenvalue weighted by atomic mass is 32.2. The van der Waals surface area contributed by atoms with Gasteiger partial charge in [-0.3, -0.25) is 9.69 Å². The van der Waals surface area contributed by atoms with Gasteiger partial charge in [0.2, 0.25) is 0 Å². The van der Waals surface area contributed by atoms with E-state index in [1.807, 2.05) is 36.9 Å². The summed E-state index contributed by atoms with van der Waals surface area (Å²) in [6.45, 7) is 9.70. The van der Waals surface area contributed by atoms with E-state index in [9.17, 15) is 13.2 Å². The second kappa shape index (κ2) is 10.9. The average Bonchev–Trinajstić information content (AvgIpc) is 3.42. The second-order valence-corrected chi connectivity index (χ2v) is 14.3. The number of amides is 1. The number of carbonyl (C=O) groups excluding carboxylic acids is 1. The van der Waals surface area contributed by atoms with E-state index in [4.69, 9.17) is 0 Å². The summed E-state index contributed by atoms with van der Waals surface area (Å²) in [5.74, 6) is 0.639. The summed E-state index contributed by atoms with van der Waals surface area (Å²) in [7, 11) is -2.98. The van der Waals surface area contributed by atoms with Gasteiger partial charge in [0, 0.05) is 32.2 Å². The molecule has 0 bridgehead atoms. The normalized spacial score (nSPS) is 24.6. The minimum Gasteiger partial charge on any atom is -0.345 e. The number of hydrogen-bond donors (Lipinski definition) is 1. The van der Waals surface area contributed by atoms with Crippen LogP contribution in [0.5, 0.6) is 0 Å². The Kier molecular flexibility index (Phi) is 7.78. The summed E-state index contributed by atoms with van der Waals surface area (Å²) in [6.07, 6.45) is 9.58. The van der Waals surface area contributed by atoms with Crippen LogP contribution >= 0.6 is 0 Å². The maximum Gasteiger partial charge on any atom is 0.256 e. The van der Waals surface area contributed by atoms with Crippen LogP contribution < -0.4 is 0 Å². The van der Waals surface area contributed by atoms with Gasteiger partial charge in [-0.15, -0.1) is 0 Å². The number of para-hydroxylation sites is 1. The van der Waals surface area contributed by atoms with Crippen molar-refractivity contribution in [1.82, 2.24) is 19.8 Å². The first kappa shape index (κ1) is 26.4. The van der Waals surface area contributed by atoms with E-state index in [0.29, 0.717) is 17.5 Å². The standard InChI is InChI=1S/C29H42N4O3S/c1-20(2)37(35,36)25-9-7-22(8-10-25)21(3)23-11-15-32(16-12-23)24-13-17-33(18-14-24)29(34)26-5-4-6-27-28(26)31-19-30-27/h4-6,19-20,22,24-25H,7-18H2,1-3H3,(H,30,31). The lowest BCUT2D eigenvalue weighted by atomic mass is 9.80. The van der Waals surface area contributed by atoms with Crippen LogP contribution in [0.4, 0.5) is 0 Å². The number of hydrogen-bond acceptors (Lipinski definition) is 5. The third kappa shape index (κ3) is 5.37. The summed E-state index contributed by atoms with van der Waals surface area (Å²) in [6, 6.07) is 6.30. The molecule has 3 aliphatic rings. The number of fused-ring (bicyclic) bond motifs is 1. The van der Waals surface area contributed by atoms with Crippen LogP contribution in [0.3, 0.4) is 0 Å². The van der Waals surface area contributed by atoms with E-state index < -0.39 is 9.84 Å². The van der Waals surface area contributed by atoms with E-state index in [1.165, 1.54) is 5.57 Å². The molecule has 1 saturated carbocycles. The number of allylic oxidation sites excluding steroid dienone is 1. The van der Waals surface area contributed by atoms with Gasteiger partial charge in [0.1, 0.15) is 5.52 Å². The zero-order chi connectivity index (χ0) is 26.2. The van der Waals surface area contributed by atoms with E-state index in [-0.39, 0.29) is 16.4 Å². The van der Waals surface area contributed by atoms with Crippen molar-refractivity contribution in [1.29, 1.82) is 0 Å². The molecule has 1 aliphatic carbocycles. The average molecular weight is 527 g/mol. The molecule has 3 fully saturated rings. The van der Waals surface area contributed by atoms with E-state index in [0.717, 1.165) is 88.6 Å². The number of nitrogens with one attached hydrogen (secondary N) is 1. The molecule has 0 unspecified atom stereocenters. The molecule has 0 radical (unpaired) electrons. The van der Waals surface area contributed by atoms with Crippen molar-refractivity contribution in [2.45, 2.75) is 88.7 Å². The third-order valence-corrected chi connectivity index (χ3v) is 12.0. The van der Waals surface area contributed by atoms with Crippen LogP contribution in [0.25, 0.3) is 11.0 Å². The van der Waals surface area contributed by atoms with Gasteiger partial charge in [0.15, 0.2) is 9.84 Å². The zero-order valence-corrected chi connectivity index (χ0v) is 23.4. The fourth-order valence-electron chi connectivity index (χ4n) is 6.79. The number of aromatic amines is 1. The Morgan fingerprint density at radius 1 is 1.00 bits per heavy atom. The summed E-state index contributed by atoms with van der Waals surface area (Å²) in [4.78, 5) is 25.3. The van der Waals surface area contributed by atoms with Gasteiger partial charge in [-0.1, -0.05) is 17.2 Å². The number of carbonyl (C=O) groups is 1. The van der Waals surface area contributed by atoms with Crippen LogP contribution in [0.2, 0.25) is 0 Å². The Bertz CT molecular complexity index is 1240. The maximum atomic E-state index is 13.2. The quantitative estimate of drug-likeness (QED) is 0.557. The zero-order valence-electron chi connectivity index (χ0n) is 22.6. The van der Waals surface area contributed by atoms with Crippen molar-refractivity contribution in [3.05, 3.63) is 41.2 Å². The summed E-state index contributed by atoms with van der Waals surface area (Å²) < 4.78 is 25.2. The minimum absolute atomic E-state index is 0.0894. The van der Waals surface area contributed by atoms with Gasteiger partial charge < -0.3 is 9.88 Å². The molecular formula is C29H42N4O3S. The molecule has 8 heteroatoms. The smallest absolute Gasteiger partial charge is 0.256 e. The molecular weight excluding hydrogens is 484 g/mol. The van der Waals surface area contributed by atoms with Crippen molar-refractivity contribution in [3.8, 4) is 0 Å². The molecule has 2 saturated heterocycles. The van der Waals surface area contributed by atoms with Crippen molar-refractivity contribution >= 4 is 26.8 Å². The Balaban J connectivity index is 1.11. The predicted octanol–water partition coefficient (Wildman–Crippen LogP) is 4.96. The largest absolute Gasteiger partial charge is 0.345 e. The Morgan fingerprint density at radius 3 is 2.32 bits per heavy atom. The summed E-state index contributed by atoms with van der Waals surface area (Å²) >= 11 is 0. The Hall–Kier alpha value is -2.19. The van der Waals surface area contributed by atoms with Gasteiger partial charge in [-0.05, 0) is 90.2 Å². The van der Waals surface area contributed by atoms with E-state index >= 15 is 0 Å². The lowest BCUT2D eigenvalue weighted by Gasteiger charge is -2.41. The number of H-pyrrole nitrogens is 1. The van der Waals surface area contributed by atoms with Crippen LogP contribution in [-0.4, -0.2) is 76.8 Å². The number of sulfone groups is 1. The van der Waals surface area contributed by atoms with E-state index in [2.05, 4.69) is 21.8 Å². The minimum atomic E-state index is -2.98.